The summed E-state index contributed by atoms with van der Waals surface area (Å²) < 4.78 is 5.22. The van der Waals surface area contributed by atoms with Gasteiger partial charge in [-0.2, -0.15) is 0 Å². The zero-order valence-corrected chi connectivity index (χ0v) is 9.08. The summed E-state index contributed by atoms with van der Waals surface area (Å²) in [5.74, 6) is 1.56. The van der Waals surface area contributed by atoms with E-state index in [2.05, 4.69) is 24.1 Å². The van der Waals surface area contributed by atoms with Crippen LogP contribution >= 0.6 is 0 Å². The summed E-state index contributed by atoms with van der Waals surface area (Å²) >= 11 is 0. The number of rotatable bonds is 5. The second-order valence-electron chi connectivity index (χ2n) is 3.71. The van der Waals surface area contributed by atoms with Crippen molar-refractivity contribution in [2.75, 3.05) is 13.7 Å². The summed E-state index contributed by atoms with van der Waals surface area (Å²) in [6.45, 7) is 6.20. The van der Waals surface area contributed by atoms with E-state index in [0.29, 0.717) is 5.92 Å². The molecule has 0 unspecified atom stereocenters. The van der Waals surface area contributed by atoms with E-state index in [9.17, 15) is 0 Å². The monoisotopic (exact) mass is 194 g/mol. The molecule has 0 atom stereocenters. The number of hydrogen-bond donors (Lipinski definition) is 1. The van der Waals surface area contributed by atoms with Crippen LogP contribution in [0.1, 0.15) is 19.4 Å². The standard InChI is InChI=1S/C11H18N2O/c1-9(2)6-13-8-10-7-12-5-4-11(10)14-3/h4-5,7,9,13H,6,8H2,1-3H3. The van der Waals surface area contributed by atoms with E-state index in [-0.39, 0.29) is 0 Å². The Kier molecular flexibility index (Phi) is 4.40. The van der Waals surface area contributed by atoms with Crippen molar-refractivity contribution in [3.05, 3.63) is 24.0 Å². The first kappa shape index (κ1) is 11.0. The van der Waals surface area contributed by atoms with Crippen LogP contribution in [0.4, 0.5) is 0 Å². The fraction of sp³-hybridized carbons (Fsp3) is 0.545. The van der Waals surface area contributed by atoms with Gasteiger partial charge < -0.3 is 10.1 Å². The maximum atomic E-state index is 5.22. The number of methoxy groups -OCH3 is 1. The second-order valence-corrected chi connectivity index (χ2v) is 3.71. The molecule has 0 spiro atoms. The molecule has 14 heavy (non-hydrogen) atoms. The van der Waals surface area contributed by atoms with Gasteiger partial charge in [-0.3, -0.25) is 4.98 Å². The van der Waals surface area contributed by atoms with Crippen LogP contribution < -0.4 is 10.1 Å². The van der Waals surface area contributed by atoms with Gasteiger partial charge in [0.2, 0.25) is 0 Å². The third-order valence-corrected chi connectivity index (χ3v) is 1.95. The van der Waals surface area contributed by atoms with Crippen molar-refractivity contribution in [1.82, 2.24) is 10.3 Å². The molecule has 1 aromatic heterocycles. The Morgan fingerprint density at radius 3 is 2.93 bits per heavy atom. The molecule has 0 amide bonds. The number of aromatic nitrogens is 1. The minimum absolute atomic E-state index is 0.665. The van der Waals surface area contributed by atoms with Crippen LogP contribution in [0.2, 0.25) is 0 Å². The highest BCUT2D eigenvalue weighted by Crippen LogP contribution is 2.15. The van der Waals surface area contributed by atoms with E-state index < -0.39 is 0 Å². The van der Waals surface area contributed by atoms with Crippen LogP contribution in [0.5, 0.6) is 5.75 Å². The topological polar surface area (TPSA) is 34.1 Å². The van der Waals surface area contributed by atoms with Crippen molar-refractivity contribution in [2.45, 2.75) is 20.4 Å². The Morgan fingerprint density at radius 2 is 2.29 bits per heavy atom. The second kappa shape index (κ2) is 5.60. The molecular formula is C11H18N2O. The number of ether oxygens (including phenoxy) is 1. The molecule has 3 heteroatoms. The fourth-order valence-electron chi connectivity index (χ4n) is 1.24. The molecule has 1 aromatic rings. The van der Waals surface area contributed by atoms with Gasteiger partial charge in [0.1, 0.15) is 5.75 Å². The molecule has 0 aliphatic carbocycles. The average Bonchev–Trinajstić information content (AvgIpc) is 2.18. The first-order valence-corrected chi connectivity index (χ1v) is 4.91. The van der Waals surface area contributed by atoms with Gasteiger partial charge in [0.25, 0.3) is 0 Å². The predicted molar refractivity (Wildman–Crippen MR) is 57.3 cm³/mol. The van der Waals surface area contributed by atoms with Crippen LogP contribution in [0.25, 0.3) is 0 Å². The lowest BCUT2D eigenvalue weighted by molar-refractivity contribution is 0.406. The van der Waals surface area contributed by atoms with Crippen LogP contribution in [0.3, 0.4) is 0 Å². The Hall–Kier alpha value is -1.09. The molecule has 0 saturated carbocycles. The molecule has 0 saturated heterocycles. The average molecular weight is 194 g/mol. The molecule has 0 aromatic carbocycles. The SMILES string of the molecule is COc1ccncc1CNCC(C)C. The molecule has 0 fully saturated rings. The lowest BCUT2D eigenvalue weighted by Gasteiger charge is -2.10. The van der Waals surface area contributed by atoms with Gasteiger partial charge in [-0.05, 0) is 18.5 Å². The van der Waals surface area contributed by atoms with E-state index in [1.807, 2.05) is 12.3 Å². The molecule has 0 aliphatic heterocycles. The van der Waals surface area contributed by atoms with Gasteiger partial charge in [0, 0.05) is 24.5 Å². The van der Waals surface area contributed by atoms with Crippen LogP contribution in [0, 0.1) is 5.92 Å². The van der Waals surface area contributed by atoms with Crippen LogP contribution in [-0.4, -0.2) is 18.6 Å². The van der Waals surface area contributed by atoms with Crippen molar-refractivity contribution in [3.8, 4) is 5.75 Å². The third-order valence-electron chi connectivity index (χ3n) is 1.95. The predicted octanol–water partition coefficient (Wildman–Crippen LogP) is 1.84. The fourth-order valence-corrected chi connectivity index (χ4v) is 1.24. The lowest BCUT2D eigenvalue weighted by atomic mass is 10.2. The zero-order chi connectivity index (χ0) is 10.4. The van der Waals surface area contributed by atoms with Crippen molar-refractivity contribution >= 4 is 0 Å². The molecular weight excluding hydrogens is 176 g/mol. The number of nitrogens with zero attached hydrogens (tertiary/aromatic N) is 1. The summed E-state index contributed by atoms with van der Waals surface area (Å²) in [5, 5.41) is 3.36. The smallest absolute Gasteiger partial charge is 0.126 e. The summed E-state index contributed by atoms with van der Waals surface area (Å²) in [5.41, 5.74) is 1.11. The third kappa shape index (κ3) is 3.34. The van der Waals surface area contributed by atoms with Gasteiger partial charge in [-0.15, -0.1) is 0 Å². The normalized spacial score (nSPS) is 10.6. The molecule has 0 bridgehead atoms. The van der Waals surface area contributed by atoms with Crippen molar-refractivity contribution < 1.29 is 4.74 Å². The lowest BCUT2D eigenvalue weighted by Crippen LogP contribution is -2.19. The number of nitrogens with one attached hydrogen (secondary N) is 1. The highest BCUT2D eigenvalue weighted by Gasteiger charge is 2.01. The largest absolute Gasteiger partial charge is 0.496 e. The number of hydrogen-bond acceptors (Lipinski definition) is 3. The minimum Gasteiger partial charge on any atom is -0.496 e. The molecule has 1 rings (SSSR count). The first-order valence-electron chi connectivity index (χ1n) is 4.91. The molecule has 0 aliphatic rings. The molecule has 3 nitrogen and oxygen atoms in total. The summed E-state index contributed by atoms with van der Waals surface area (Å²) in [4.78, 5) is 4.07. The van der Waals surface area contributed by atoms with Gasteiger partial charge in [-0.25, -0.2) is 0 Å². The van der Waals surface area contributed by atoms with E-state index in [1.54, 1.807) is 13.3 Å². The Labute approximate surface area is 85.5 Å². The molecule has 1 N–H and O–H groups in total. The summed E-state index contributed by atoms with van der Waals surface area (Å²) in [6, 6.07) is 1.88. The first-order chi connectivity index (χ1) is 6.74. The highest BCUT2D eigenvalue weighted by molar-refractivity contribution is 5.29. The van der Waals surface area contributed by atoms with Crippen molar-refractivity contribution in [2.24, 2.45) is 5.92 Å². The van der Waals surface area contributed by atoms with Crippen LogP contribution in [0.15, 0.2) is 18.5 Å². The molecule has 1 heterocycles. The number of pyridine rings is 1. The quantitative estimate of drug-likeness (QED) is 0.776. The van der Waals surface area contributed by atoms with Gasteiger partial charge in [0.15, 0.2) is 0 Å². The maximum Gasteiger partial charge on any atom is 0.126 e. The van der Waals surface area contributed by atoms with Gasteiger partial charge in [-0.1, -0.05) is 13.8 Å². The summed E-state index contributed by atoms with van der Waals surface area (Å²) in [7, 11) is 1.68. The highest BCUT2D eigenvalue weighted by atomic mass is 16.5. The van der Waals surface area contributed by atoms with Crippen molar-refractivity contribution in [1.29, 1.82) is 0 Å². The van der Waals surface area contributed by atoms with Gasteiger partial charge in [0.05, 0.1) is 7.11 Å². The van der Waals surface area contributed by atoms with E-state index >= 15 is 0 Å². The van der Waals surface area contributed by atoms with Crippen molar-refractivity contribution in [3.63, 3.8) is 0 Å². The zero-order valence-electron chi connectivity index (χ0n) is 9.08. The summed E-state index contributed by atoms with van der Waals surface area (Å²) in [6.07, 6.45) is 3.58. The van der Waals surface area contributed by atoms with Crippen LogP contribution in [-0.2, 0) is 6.54 Å². The van der Waals surface area contributed by atoms with E-state index in [0.717, 1.165) is 24.4 Å². The maximum absolute atomic E-state index is 5.22. The minimum atomic E-state index is 0.665. The molecule has 0 radical (unpaired) electrons. The Bertz CT molecular complexity index is 274. The van der Waals surface area contributed by atoms with E-state index in [4.69, 9.17) is 4.74 Å². The Morgan fingerprint density at radius 1 is 1.50 bits per heavy atom. The Balaban J connectivity index is 2.49. The van der Waals surface area contributed by atoms with Gasteiger partial charge >= 0.3 is 0 Å². The molecule has 78 valence electrons. The van der Waals surface area contributed by atoms with E-state index in [1.165, 1.54) is 0 Å².